The number of carbonyl (C=O) groups excluding carboxylic acids is 1. The fraction of sp³-hybridized carbons (Fsp3) is 0.500. The maximum Gasteiger partial charge on any atom is 0.323 e. The molecule has 0 aliphatic carbocycles. The van der Waals surface area contributed by atoms with E-state index in [9.17, 15) is 14.9 Å². The van der Waals surface area contributed by atoms with Crippen LogP contribution >= 0.6 is 0 Å². The number of rotatable bonds is 2. The molecule has 0 aromatic carbocycles. The molecular weight excluding hydrogens is 200 g/mol. The molecule has 7 heteroatoms. The second-order valence-corrected chi connectivity index (χ2v) is 3.45. The van der Waals surface area contributed by atoms with E-state index in [1.807, 2.05) is 0 Å². The van der Waals surface area contributed by atoms with Crippen molar-refractivity contribution in [3.05, 3.63) is 21.5 Å². The Morgan fingerprint density at radius 3 is 2.87 bits per heavy atom. The second-order valence-electron chi connectivity index (χ2n) is 3.45. The van der Waals surface area contributed by atoms with Crippen LogP contribution in [-0.4, -0.2) is 20.6 Å². The van der Waals surface area contributed by atoms with Crippen LogP contribution in [0.3, 0.4) is 0 Å². The number of primary amides is 1. The Balaban J connectivity index is 2.61. The second kappa shape index (κ2) is 3.34. The summed E-state index contributed by atoms with van der Waals surface area (Å²) in [5.74, 6) is -0.844. The van der Waals surface area contributed by atoms with Gasteiger partial charge in [-0.3, -0.25) is 19.6 Å². The molecule has 0 spiro atoms. The molecule has 0 fully saturated rings. The summed E-state index contributed by atoms with van der Waals surface area (Å²) in [6.45, 7) is 0.615. The van der Waals surface area contributed by atoms with Crippen molar-refractivity contribution in [3.8, 4) is 0 Å². The topological polar surface area (TPSA) is 104 Å². The zero-order valence-corrected chi connectivity index (χ0v) is 7.97. The molecule has 0 atom stereocenters. The lowest BCUT2D eigenvalue weighted by Crippen LogP contribution is -2.14. The Hall–Kier alpha value is -1.92. The molecule has 1 aromatic rings. The van der Waals surface area contributed by atoms with Gasteiger partial charge in [0.1, 0.15) is 5.69 Å². The van der Waals surface area contributed by atoms with E-state index in [0.717, 1.165) is 12.8 Å². The lowest BCUT2D eigenvalue weighted by Gasteiger charge is -2.11. The highest BCUT2D eigenvalue weighted by atomic mass is 16.6. The maximum absolute atomic E-state index is 11.0. The molecule has 0 unspecified atom stereocenters. The lowest BCUT2D eigenvalue weighted by molar-refractivity contribution is -0.386. The van der Waals surface area contributed by atoms with Gasteiger partial charge in [0.25, 0.3) is 5.91 Å². The first-order valence-corrected chi connectivity index (χ1v) is 4.65. The Morgan fingerprint density at radius 2 is 2.27 bits per heavy atom. The normalized spacial score (nSPS) is 14.7. The van der Waals surface area contributed by atoms with Gasteiger partial charge in [-0.2, -0.15) is 5.10 Å². The van der Waals surface area contributed by atoms with E-state index in [4.69, 9.17) is 5.73 Å². The largest absolute Gasteiger partial charge is 0.364 e. The first-order valence-electron chi connectivity index (χ1n) is 4.65. The predicted octanol–water partition coefficient (Wildman–Crippen LogP) is 0.226. The number of fused-ring (bicyclic) bond motifs is 1. The van der Waals surface area contributed by atoms with Crippen molar-refractivity contribution in [2.24, 2.45) is 5.73 Å². The van der Waals surface area contributed by atoms with Crippen LogP contribution in [0.2, 0.25) is 0 Å². The highest BCUT2D eigenvalue weighted by molar-refractivity contribution is 5.95. The summed E-state index contributed by atoms with van der Waals surface area (Å²) in [5.41, 5.74) is 5.11. The van der Waals surface area contributed by atoms with Crippen LogP contribution in [0.25, 0.3) is 0 Å². The number of hydrogen-bond donors (Lipinski definition) is 1. The monoisotopic (exact) mass is 210 g/mol. The van der Waals surface area contributed by atoms with E-state index in [2.05, 4.69) is 5.10 Å². The number of amides is 1. The van der Waals surface area contributed by atoms with Gasteiger partial charge in [0, 0.05) is 6.54 Å². The number of aromatic nitrogens is 2. The van der Waals surface area contributed by atoms with E-state index in [0.29, 0.717) is 18.7 Å². The van der Waals surface area contributed by atoms with Gasteiger partial charge in [-0.05, 0) is 19.3 Å². The Morgan fingerprint density at radius 1 is 1.53 bits per heavy atom. The number of nitrogens with two attached hydrogens (primary N) is 1. The van der Waals surface area contributed by atoms with E-state index in [1.165, 1.54) is 4.68 Å². The van der Waals surface area contributed by atoms with Crippen LogP contribution in [0.1, 0.15) is 29.0 Å². The van der Waals surface area contributed by atoms with Gasteiger partial charge in [-0.25, -0.2) is 0 Å². The van der Waals surface area contributed by atoms with Crippen molar-refractivity contribution >= 4 is 11.6 Å². The molecule has 2 N–H and O–H groups in total. The third-order valence-electron chi connectivity index (χ3n) is 2.48. The predicted molar refractivity (Wildman–Crippen MR) is 50.3 cm³/mol. The van der Waals surface area contributed by atoms with E-state index in [1.54, 1.807) is 0 Å². The maximum atomic E-state index is 11.0. The van der Waals surface area contributed by atoms with E-state index in [-0.39, 0.29) is 11.4 Å². The standard InChI is InChI=1S/C8H10N4O3/c9-8(13)6-7(12(14)15)5-3-1-2-4-11(5)10-6/h1-4H2,(H2,9,13). The minimum atomic E-state index is -0.844. The zero-order valence-electron chi connectivity index (χ0n) is 7.97. The molecule has 1 aromatic heterocycles. The van der Waals surface area contributed by atoms with Crippen LogP contribution in [0.5, 0.6) is 0 Å². The van der Waals surface area contributed by atoms with Crippen molar-refractivity contribution < 1.29 is 9.72 Å². The van der Waals surface area contributed by atoms with Crippen LogP contribution in [0.15, 0.2) is 0 Å². The fourth-order valence-corrected chi connectivity index (χ4v) is 1.83. The Kier molecular flexibility index (Phi) is 2.14. The number of nitrogens with zero attached hydrogens (tertiary/aromatic N) is 3. The molecule has 15 heavy (non-hydrogen) atoms. The van der Waals surface area contributed by atoms with Crippen molar-refractivity contribution in [2.45, 2.75) is 25.8 Å². The summed E-state index contributed by atoms with van der Waals surface area (Å²) < 4.78 is 1.52. The Bertz CT molecular complexity index is 437. The van der Waals surface area contributed by atoms with Crippen LogP contribution in [0, 0.1) is 10.1 Å². The highest BCUT2D eigenvalue weighted by Gasteiger charge is 2.31. The average molecular weight is 210 g/mol. The highest BCUT2D eigenvalue weighted by Crippen LogP contribution is 2.27. The molecule has 1 amide bonds. The molecule has 0 bridgehead atoms. The molecule has 7 nitrogen and oxygen atoms in total. The average Bonchev–Trinajstić information content (AvgIpc) is 2.56. The molecule has 2 rings (SSSR count). The van der Waals surface area contributed by atoms with Crippen LogP contribution < -0.4 is 5.73 Å². The summed E-state index contributed by atoms with van der Waals surface area (Å²) in [7, 11) is 0. The Labute approximate surface area is 85.0 Å². The van der Waals surface area contributed by atoms with Gasteiger partial charge in [0.05, 0.1) is 4.92 Å². The van der Waals surface area contributed by atoms with E-state index < -0.39 is 10.8 Å². The fourth-order valence-electron chi connectivity index (χ4n) is 1.83. The van der Waals surface area contributed by atoms with Gasteiger partial charge in [0.2, 0.25) is 5.69 Å². The quantitative estimate of drug-likeness (QED) is 0.557. The number of carbonyl (C=O) groups is 1. The molecule has 2 heterocycles. The van der Waals surface area contributed by atoms with Crippen LogP contribution in [-0.2, 0) is 13.0 Å². The molecule has 0 saturated heterocycles. The van der Waals surface area contributed by atoms with Crippen LogP contribution in [0.4, 0.5) is 5.69 Å². The molecule has 0 saturated carbocycles. The SMILES string of the molecule is NC(=O)c1nn2c(c1[N+](=O)[O-])CCCC2. The van der Waals surface area contributed by atoms with Crippen molar-refractivity contribution in [1.29, 1.82) is 0 Å². The van der Waals surface area contributed by atoms with Gasteiger partial charge < -0.3 is 5.73 Å². The van der Waals surface area contributed by atoms with Crippen molar-refractivity contribution in [2.75, 3.05) is 0 Å². The third-order valence-corrected chi connectivity index (χ3v) is 2.48. The van der Waals surface area contributed by atoms with Gasteiger partial charge >= 0.3 is 5.69 Å². The van der Waals surface area contributed by atoms with Crippen molar-refractivity contribution in [1.82, 2.24) is 9.78 Å². The smallest absolute Gasteiger partial charge is 0.323 e. The minimum Gasteiger partial charge on any atom is -0.364 e. The van der Waals surface area contributed by atoms with Crippen molar-refractivity contribution in [3.63, 3.8) is 0 Å². The number of hydrogen-bond acceptors (Lipinski definition) is 4. The van der Waals surface area contributed by atoms with Gasteiger partial charge in [-0.1, -0.05) is 0 Å². The molecular formula is C8H10N4O3. The summed E-state index contributed by atoms with van der Waals surface area (Å²) in [4.78, 5) is 21.2. The van der Waals surface area contributed by atoms with Gasteiger partial charge in [-0.15, -0.1) is 0 Å². The minimum absolute atomic E-state index is 0.220. The summed E-state index contributed by atoms with van der Waals surface area (Å²) in [6, 6.07) is 0. The lowest BCUT2D eigenvalue weighted by atomic mass is 10.1. The first-order chi connectivity index (χ1) is 7.11. The molecule has 1 aliphatic rings. The molecule has 80 valence electrons. The van der Waals surface area contributed by atoms with Gasteiger partial charge in [0.15, 0.2) is 0 Å². The molecule has 1 aliphatic heterocycles. The number of nitro groups is 1. The molecule has 0 radical (unpaired) electrons. The first kappa shape index (κ1) is 9.63. The summed E-state index contributed by atoms with van der Waals surface area (Å²) in [5, 5.41) is 14.7. The summed E-state index contributed by atoms with van der Waals surface area (Å²) in [6.07, 6.45) is 2.38. The third kappa shape index (κ3) is 1.45. The number of aryl methyl sites for hydroxylation is 1. The zero-order chi connectivity index (χ0) is 11.0. The summed E-state index contributed by atoms with van der Waals surface area (Å²) >= 11 is 0. The van der Waals surface area contributed by atoms with E-state index >= 15 is 0 Å².